The molecule has 0 spiro atoms. The van der Waals surface area contributed by atoms with Crippen molar-refractivity contribution in [3.63, 3.8) is 0 Å². The molecule has 0 saturated heterocycles. The lowest BCUT2D eigenvalue weighted by Crippen LogP contribution is -2.27. The third kappa shape index (κ3) is 4.32. The summed E-state index contributed by atoms with van der Waals surface area (Å²) in [6.07, 6.45) is 0. The lowest BCUT2D eigenvalue weighted by molar-refractivity contribution is 0.0284. The van der Waals surface area contributed by atoms with Crippen molar-refractivity contribution in [2.75, 3.05) is 6.61 Å². The Morgan fingerprint density at radius 3 is 2.67 bits per heavy atom. The molecule has 3 heteroatoms. The molecular weight excluding hydrogens is 190 g/mol. The minimum atomic E-state index is -0.815. The van der Waals surface area contributed by atoms with Gasteiger partial charge in [-0.15, -0.1) is 0 Å². The molecule has 0 aliphatic rings. The van der Waals surface area contributed by atoms with Crippen molar-refractivity contribution < 1.29 is 9.84 Å². The number of hydrogen-bond donors (Lipinski definition) is 2. The number of ether oxygens (including phenoxy) is 1. The van der Waals surface area contributed by atoms with Gasteiger partial charge < -0.3 is 15.6 Å². The summed E-state index contributed by atoms with van der Waals surface area (Å²) >= 11 is 0. The van der Waals surface area contributed by atoms with Crippen LogP contribution in [0.25, 0.3) is 0 Å². The van der Waals surface area contributed by atoms with E-state index in [-0.39, 0.29) is 12.6 Å². The SMILES string of the molecule is C[C@H](N)c1cccc(OCC(C)(C)O)c1. The maximum Gasteiger partial charge on any atom is 0.119 e. The number of benzene rings is 1. The lowest BCUT2D eigenvalue weighted by Gasteiger charge is -2.18. The van der Waals surface area contributed by atoms with Gasteiger partial charge in [-0.25, -0.2) is 0 Å². The van der Waals surface area contributed by atoms with Gasteiger partial charge in [-0.1, -0.05) is 12.1 Å². The molecule has 1 aromatic carbocycles. The van der Waals surface area contributed by atoms with Crippen molar-refractivity contribution in [2.45, 2.75) is 32.4 Å². The molecule has 3 nitrogen and oxygen atoms in total. The average molecular weight is 209 g/mol. The van der Waals surface area contributed by atoms with Crippen LogP contribution in [0.5, 0.6) is 5.75 Å². The molecule has 0 amide bonds. The van der Waals surface area contributed by atoms with Gasteiger partial charge in [-0.05, 0) is 38.5 Å². The van der Waals surface area contributed by atoms with Gasteiger partial charge in [0.1, 0.15) is 12.4 Å². The van der Waals surface area contributed by atoms with E-state index >= 15 is 0 Å². The van der Waals surface area contributed by atoms with Crippen molar-refractivity contribution in [1.29, 1.82) is 0 Å². The average Bonchev–Trinajstić information content (AvgIpc) is 2.14. The van der Waals surface area contributed by atoms with Gasteiger partial charge in [-0.3, -0.25) is 0 Å². The first-order chi connectivity index (χ1) is 6.88. The predicted molar refractivity (Wildman–Crippen MR) is 60.8 cm³/mol. The third-order valence-corrected chi connectivity index (χ3v) is 1.98. The molecule has 0 heterocycles. The molecule has 0 unspecified atom stereocenters. The maximum absolute atomic E-state index is 9.51. The van der Waals surface area contributed by atoms with Crippen LogP contribution in [-0.4, -0.2) is 17.3 Å². The topological polar surface area (TPSA) is 55.5 Å². The van der Waals surface area contributed by atoms with Crippen molar-refractivity contribution in [2.24, 2.45) is 5.73 Å². The highest BCUT2D eigenvalue weighted by Gasteiger charge is 2.13. The molecule has 84 valence electrons. The normalized spacial score (nSPS) is 13.7. The minimum Gasteiger partial charge on any atom is -0.491 e. The van der Waals surface area contributed by atoms with Gasteiger partial charge in [0.05, 0.1) is 5.60 Å². The van der Waals surface area contributed by atoms with E-state index in [0.717, 1.165) is 11.3 Å². The quantitative estimate of drug-likeness (QED) is 0.795. The Morgan fingerprint density at radius 2 is 2.13 bits per heavy atom. The Hall–Kier alpha value is -1.06. The van der Waals surface area contributed by atoms with E-state index in [9.17, 15) is 5.11 Å². The lowest BCUT2D eigenvalue weighted by atomic mass is 10.1. The van der Waals surface area contributed by atoms with E-state index < -0.39 is 5.60 Å². The van der Waals surface area contributed by atoms with Crippen LogP contribution in [-0.2, 0) is 0 Å². The molecule has 1 atom stereocenters. The summed E-state index contributed by atoms with van der Waals surface area (Å²) in [5.74, 6) is 0.743. The van der Waals surface area contributed by atoms with E-state index in [0.29, 0.717) is 0 Å². The summed E-state index contributed by atoms with van der Waals surface area (Å²) in [7, 11) is 0. The largest absolute Gasteiger partial charge is 0.491 e. The summed E-state index contributed by atoms with van der Waals surface area (Å²) < 4.78 is 5.46. The van der Waals surface area contributed by atoms with Crippen LogP contribution in [0.2, 0.25) is 0 Å². The van der Waals surface area contributed by atoms with Crippen molar-refractivity contribution in [3.05, 3.63) is 29.8 Å². The maximum atomic E-state index is 9.51. The van der Waals surface area contributed by atoms with Gasteiger partial charge in [0.25, 0.3) is 0 Å². The highest BCUT2D eigenvalue weighted by Crippen LogP contribution is 2.18. The minimum absolute atomic E-state index is 0.00399. The smallest absolute Gasteiger partial charge is 0.119 e. The number of hydrogen-bond acceptors (Lipinski definition) is 3. The highest BCUT2D eigenvalue weighted by atomic mass is 16.5. The molecule has 0 aromatic heterocycles. The van der Waals surface area contributed by atoms with E-state index in [1.54, 1.807) is 13.8 Å². The van der Waals surface area contributed by atoms with Crippen LogP contribution >= 0.6 is 0 Å². The second-order valence-corrected chi connectivity index (χ2v) is 4.46. The Balaban J connectivity index is 2.66. The van der Waals surface area contributed by atoms with Crippen molar-refractivity contribution in [3.8, 4) is 5.75 Å². The first-order valence-electron chi connectivity index (χ1n) is 5.09. The molecule has 3 N–H and O–H groups in total. The standard InChI is InChI=1S/C12H19NO2/c1-9(13)10-5-4-6-11(7-10)15-8-12(2,3)14/h4-7,9,14H,8,13H2,1-3H3/t9-/m0/s1. The summed E-state index contributed by atoms with van der Waals surface area (Å²) in [6, 6.07) is 7.62. The van der Waals surface area contributed by atoms with Gasteiger partial charge in [0, 0.05) is 6.04 Å². The van der Waals surface area contributed by atoms with Gasteiger partial charge >= 0.3 is 0 Å². The first kappa shape index (κ1) is 12.0. The molecule has 0 fully saturated rings. The number of aliphatic hydroxyl groups is 1. The Morgan fingerprint density at radius 1 is 1.47 bits per heavy atom. The predicted octanol–water partition coefficient (Wildman–Crippen LogP) is 1.86. The summed E-state index contributed by atoms with van der Waals surface area (Å²) in [4.78, 5) is 0. The molecule has 0 bridgehead atoms. The Labute approximate surface area is 90.9 Å². The highest BCUT2D eigenvalue weighted by molar-refractivity contribution is 5.30. The molecule has 0 aliphatic heterocycles. The van der Waals surface area contributed by atoms with Gasteiger partial charge in [0.15, 0.2) is 0 Å². The molecule has 1 rings (SSSR count). The van der Waals surface area contributed by atoms with Crippen LogP contribution in [0, 0.1) is 0 Å². The van der Waals surface area contributed by atoms with Crippen LogP contribution in [0.4, 0.5) is 0 Å². The van der Waals surface area contributed by atoms with Crippen LogP contribution in [0.15, 0.2) is 24.3 Å². The fourth-order valence-electron chi connectivity index (χ4n) is 1.15. The molecule has 1 aromatic rings. The van der Waals surface area contributed by atoms with Crippen LogP contribution in [0.1, 0.15) is 32.4 Å². The van der Waals surface area contributed by atoms with Crippen molar-refractivity contribution in [1.82, 2.24) is 0 Å². The zero-order valence-electron chi connectivity index (χ0n) is 9.53. The van der Waals surface area contributed by atoms with Crippen LogP contribution in [0.3, 0.4) is 0 Å². The third-order valence-electron chi connectivity index (χ3n) is 1.98. The van der Waals surface area contributed by atoms with Gasteiger partial charge in [0.2, 0.25) is 0 Å². The number of nitrogens with two attached hydrogens (primary N) is 1. The fraction of sp³-hybridized carbons (Fsp3) is 0.500. The zero-order valence-corrected chi connectivity index (χ0v) is 9.53. The van der Waals surface area contributed by atoms with Gasteiger partial charge in [-0.2, -0.15) is 0 Å². The van der Waals surface area contributed by atoms with E-state index in [4.69, 9.17) is 10.5 Å². The molecular formula is C12H19NO2. The molecule has 0 radical (unpaired) electrons. The Bertz CT molecular complexity index is 316. The molecule has 15 heavy (non-hydrogen) atoms. The van der Waals surface area contributed by atoms with Crippen LogP contribution < -0.4 is 10.5 Å². The second kappa shape index (κ2) is 4.64. The van der Waals surface area contributed by atoms with E-state index in [1.807, 2.05) is 31.2 Å². The molecule has 0 saturated carbocycles. The zero-order chi connectivity index (χ0) is 11.5. The van der Waals surface area contributed by atoms with E-state index in [1.165, 1.54) is 0 Å². The summed E-state index contributed by atoms with van der Waals surface area (Å²) in [5, 5.41) is 9.51. The molecule has 0 aliphatic carbocycles. The summed E-state index contributed by atoms with van der Waals surface area (Å²) in [5.41, 5.74) is 5.98. The Kier molecular flexibility index (Phi) is 3.72. The fourth-order valence-corrected chi connectivity index (χ4v) is 1.15. The first-order valence-corrected chi connectivity index (χ1v) is 5.09. The second-order valence-electron chi connectivity index (χ2n) is 4.46. The summed E-state index contributed by atoms with van der Waals surface area (Å²) in [6.45, 7) is 5.62. The van der Waals surface area contributed by atoms with E-state index in [2.05, 4.69) is 0 Å². The number of rotatable bonds is 4. The monoisotopic (exact) mass is 209 g/mol. The van der Waals surface area contributed by atoms with Crippen molar-refractivity contribution >= 4 is 0 Å².